The summed E-state index contributed by atoms with van der Waals surface area (Å²) in [6.45, 7) is 3.75. The van der Waals surface area contributed by atoms with E-state index in [1.54, 1.807) is 11.8 Å². The van der Waals surface area contributed by atoms with Gasteiger partial charge in [0.2, 0.25) is 5.91 Å². The van der Waals surface area contributed by atoms with Crippen LogP contribution in [0.2, 0.25) is 0 Å². The largest absolute Gasteiger partial charge is 0.469 e. The molecule has 0 spiro atoms. The summed E-state index contributed by atoms with van der Waals surface area (Å²) >= 11 is 0. The molecule has 5 nitrogen and oxygen atoms in total. The maximum atomic E-state index is 11.6. The van der Waals surface area contributed by atoms with E-state index < -0.39 is 0 Å². The van der Waals surface area contributed by atoms with Gasteiger partial charge in [-0.2, -0.15) is 0 Å². The lowest BCUT2D eigenvalue weighted by Gasteiger charge is -2.36. The number of methoxy groups -OCH3 is 1. The molecule has 2 atom stereocenters. The predicted octanol–water partition coefficient (Wildman–Crippen LogP) is 0.396. The van der Waals surface area contributed by atoms with Gasteiger partial charge in [-0.05, 0) is 31.7 Å². The minimum absolute atomic E-state index is 0.0295. The van der Waals surface area contributed by atoms with Crippen LogP contribution in [0.1, 0.15) is 26.2 Å². The Bertz CT molecular complexity index is 328. The van der Waals surface area contributed by atoms with Crippen LogP contribution in [0, 0.1) is 11.8 Å². The highest BCUT2D eigenvalue weighted by atomic mass is 16.5. The Morgan fingerprint density at radius 1 is 1.33 bits per heavy atom. The highest BCUT2D eigenvalue weighted by Crippen LogP contribution is 2.28. The Hall–Kier alpha value is -1.10. The minimum Gasteiger partial charge on any atom is -0.469 e. The van der Waals surface area contributed by atoms with E-state index in [1.165, 1.54) is 20.0 Å². The second-order valence-corrected chi connectivity index (χ2v) is 5.43. The van der Waals surface area contributed by atoms with Crippen molar-refractivity contribution in [3.63, 3.8) is 0 Å². The lowest BCUT2D eigenvalue weighted by atomic mass is 9.94. The van der Waals surface area contributed by atoms with E-state index in [2.05, 4.69) is 5.32 Å². The van der Waals surface area contributed by atoms with E-state index >= 15 is 0 Å². The quantitative estimate of drug-likeness (QED) is 0.738. The first-order valence-electron chi connectivity index (χ1n) is 6.67. The summed E-state index contributed by atoms with van der Waals surface area (Å²) < 4.78 is 4.80. The molecule has 0 radical (unpaired) electrons. The maximum absolute atomic E-state index is 11.6. The van der Waals surface area contributed by atoms with Crippen molar-refractivity contribution in [1.82, 2.24) is 10.2 Å². The van der Waals surface area contributed by atoms with Gasteiger partial charge in [0.15, 0.2) is 0 Å². The number of carbonyl (C=O) groups excluding carboxylic acids is 2. The number of likely N-dealkylation sites (tertiary alicyclic amines) is 1. The average molecular weight is 254 g/mol. The fraction of sp³-hybridized carbons (Fsp3) is 0.846. The number of rotatable bonds is 4. The van der Waals surface area contributed by atoms with Crippen molar-refractivity contribution < 1.29 is 14.3 Å². The average Bonchev–Trinajstić information content (AvgIpc) is 3.19. The molecule has 1 amide bonds. The summed E-state index contributed by atoms with van der Waals surface area (Å²) in [6, 6.07) is 0.215. The smallest absolute Gasteiger partial charge is 0.310 e. The third-order valence-electron chi connectivity index (χ3n) is 3.82. The third kappa shape index (κ3) is 3.45. The molecular formula is C13H22N2O3. The molecule has 0 bridgehead atoms. The van der Waals surface area contributed by atoms with Gasteiger partial charge in [-0.1, -0.05) is 0 Å². The second-order valence-electron chi connectivity index (χ2n) is 5.43. The highest BCUT2D eigenvalue weighted by Gasteiger charge is 2.34. The molecule has 1 heterocycles. The van der Waals surface area contributed by atoms with Gasteiger partial charge in [0, 0.05) is 26.1 Å². The van der Waals surface area contributed by atoms with Crippen LogP contribution in [0.5, 0.6) is 0 Å². The van der Waals surface area contributed by atoms with E-state index in [0.717, 1.165) is 18.9 Å². The van der Waals surface area contributed by atoms with Crippen LogP contribution >= 0.6 is 0 Å². The Morgan fingerprint density at radius 3 is 2.61 bits per heavy atom. The number of amides is 1. The standard InChI is InChI=1S/C13H22N2O3/c1-9(16)15-7-11(13(17)18-2)5-12(8-15)14-6-10-3-4-10/h10-12,14H,3-8H2,1-2H3. The van der Waals surface area contributed by atoms with E-state index in [4.69, 9.17) is 4.74 Å². The zero-order valence-corrected chi connectivity index (χ0v) is 11.1. The fourth-order valence-corrected chi connectivity index (χ4v) is 2.50. The molecular weight excluding hydrogens is 232 g/mol. The topological polar surface area (TPSA) is 58.6 Å². The third-order valence-corrected chi connectivity index (χ3v) is 3.82. The van der Waals surface area contributed by atoms with Crippen LogP contribution in [0.25, 0.3) is 0 Å². The lowest BCUT2D eigenvalue weighted by molar-refractivity contribution is -0.149. The van der Waals surface area contributed by atoms with E-state index in [9.17, 15) is 9.59 Å². The Balaban J connectivity index is 1.91. The van der Waals surface area contributed by atoms with Crippen LogP contribution in [0.3, 0.4) is 0 Å². The molecule has 18 heavy (non-hydrogen) atoms. The van der Waals surface area contributed by atoms with Crippen molar-refractivity contribution in [2.75, 3.05) is 26.7 Å². The van der Waals surface area contributed by atoms with E-state index in [-0.39, 0.29) is 23.8 Å². The molecule has 0 aromatic rings. The Morgan fingerprint density at radius 2 is 2.06 bits per heavy atom. The molecule has 2 rings (SSSR count). The number of nitrogens with zero attached hydrogens (tertiary/aromatic N) is 1. The molecule has 102 valence electrons. The monoisotopic (exact) mass is 254 g/mol. The van der Waals surface area contributed by atoms with E-state index in [1.807, 2.05) is 0 Å². The molecule has 1 N–H and O–H groups in total. The molecule has 1 saturated heterocycles. The Labute approximate surface area is 108 Å². The summed E-state index contributed by atoms with van der Waals surface area (Å²) in [5.41, 5.74) is 0. The number of esters is 1. The number of piperidine rings is 1. The maximum Gasteiger partial charge on any atom is 0.310 e. The Kier molecular flexibility index (Phi) is 4.22. The fourth-order valence-electron chi connectivity index (χ4n) is 2.50. The number of hydrogen-bond acceptors (Lipinski definition) is 4. The molecule has 5 heteroatoms. The van der Waals surface area contributed by atoms with Crippen LogP contribution in [-0.4, -0.2) is 49.6 Å². The highest BCUT2D eigenvalue weighted by molar-refractivity contribution is 5.76. The van der Waals surface area contributed by atoms with Gasteiger partial charge in [-0.3, -0.25) is 9.59 Å². The summed E-state index contributed by atoms with van der Waals surface area (Å²) in [5.74, 6) is 0.430. The lowest BCUT2D eigenvalue weighted by Crippen LogP contribution is -2.52. The summed E-state index contributed by atoms with van der Waals surface area (Å²) in [6.07, 6.45) is 3.37. The minimum atomic E-state index is -0.209. The van der Waals surface area contributed by atoms with Gasteiger partial charge in [0.1, 0.15) is 0 Å². The molecule has 1 aliphatic carbocycles. The molecule has 0 aromatic heterocycles. The first kappa shape index (κ1) is 13.3. The molecule has 1 aliphatic heterocycles. The van der Waals surface area contributed by atoms with Gasteiger partial charge in [-0.25, -0.2) is 0 Å². The number of hydrogen-bond donors (Lipinski definition) is 1. The first-order valence-corrected chi connectivity index (χ1v) is 6.67. The van der Waals surface area contributed by atoms with Crippen molar-refractivity contribution in [3.8, 4) is 0 Å². The van der Waals surface area contributed by atoms with Crippen molar-refractivity contribution in [2.24, 2.45) is 11.8 Å². The first-order chi connectivity index (χ1) is 8.60. The van der Waals surface area contributed by atoms with Gasteiger partial charge in [-0.15, -0.1) is 0 Å². The molecule has 2 fully saturated rings. The van der Waals surface area contributed by atoms with Gasteiger partial charge in [0.05, 0.1) is 13.0 Å². The van der Waals surface area contributed by atoms with Gasteiger partial charge >= 0.3 is 5.97 Å². The van der Waals surface area contributed by atoms with E-state index in [0.29, 0.717) is 13.1 Å². The van der Waals surface area contributed by atoms with Crippen molar-refractivity contribution >= 4 is 11.9 Å². The van der Waals surface area contributed by atoms with Crippen LogP contribution in [0.4, 0.5) is 0 Å². The zero-order valence-electron chi connectivity index (χ0n) is 11.1. The summed E-state index contributed by atoms with van der Waals surface area (Å²) in [4.78, 5) is 24.9. The number of ether oxygens (including phenoxy) is 1. The van der Waals surface area contributed by atoms with Crippen LogP contribution < -0.4 is 5.32 Å². The van der Waals surface area contributed by atoms with Gasteiger partial charge < -0.3 is 15.0 Å². The van der Waals surface area contributed by atoms with Crippen molar-refractivity contribution in [2.45, 2.75) is 32.2 Å². The molecule has 2 aliphatic rings. The summed E-state index contributed by atoms with van der Waals surface area (Å²) in [7, 11) is 1.40. The molecule has 2 unspecified atom stereocenters. The van der Waals surface area contributed by atoms with Gasteiger partial charge in [0.25, 0.3) is 0 Å². The van der Waals surface area contributed by atoms with Crippen molar-refractivity contribution in [3.05, 3.63) is 0 Å². The zero-order chi connectivity index (χ0) is 13.1. The second kappa shape index (κ2) is 5.69. The predicted molar refractivity (Wildman–Crippen MR) is 66.9 cm³/mol. The number of nitrogens with one attached hydrogen (secondary N) is 1. The normalized spacial score (nSPS) is 28.0. The van der Waals surface area contributed by atoms with Crippen molar-refractivity contribution in [1.29, 1.82) is 0 Å². The van der Waals surface area contributed by atoms with Crippen LogP contribution in [-0.2, 0) is 14.3 Å². The molecule has 1 saturated carbocycles. The summed E-state index contributed by atoms with van der Waals surface area (Å²) in [5, 5.41) is 3.48. The molecule has 0 aromatic carbocycles. The number of carbonyl (C=O) groups is 2. The van der Waals surface area contributed by atoms with Crippen LogP contribution in [0.15, 0.2) is 0 Å². The SMILES string of the molecule is COC(=O)C1CC(NCC2CC2)CN(C(C)=O)C1.